The SMILES string of the molecule is CCOC(=O)c1nccn1-c1ccc(OCC2CCCO2)cc1. The van der Waals surface area contributed by atoms with Gasteiger partial charge in [-0.15, -0.1) is 0 Å². The van der Waals surface area contributed by atoms with E-state index in [9.17, 15) is 4.79 Å². The van der Waals surface area contributed by atoms with Crippen molar-refractivity contribution in [3.63, 3.8) is 0 Å². The zero-order chi connectivity index (χ0) is 16.1. The molecule has 1 unspecified atom stereocenters. The topological polar surface area (TPSA) is 62.6 Å². The third-order valence-electron chi connectivity index (χ3n) is 3.67. The summed E-state index contributed by atoms with van der Waals surface area (Å²) in [6.45, 7) is 3.48. The van der Waals surface area contributed by atoms with Crippen molar-refractivity contribution in [1.82, 2.24) is 9.55 Å². The van der Waals surface area contributed by atoms with Gasteiger partial charge in [0.2, 0.25) is 5.82 Å². The maximum absolute atomic E-state index is 11.9. The Morgan fingerprint density at radius 2 is 2.22 bits per heavy atom. The first-order valence-electron chi connectivity index (χ1n) is 7.83. The van der Waals surface area contributed by atoms with Crippen molar-refractivity contribution in [2.24, 2.45) is 0 Å². The van der Waals surface area contributed by atoms with E-state index < -0.39 is 5.97 Å². The van der Waals surface area contributed by atoms with Crippen molar-refractivity contribution in [2.45, 2.75) is 25.9 Å². The van der Waals surface area contributed by atoms with Crippen LogP contribution in [0.5, 0.6) is 5.75 Å². The molecule has 3 rings (SSSR count). The quantitative estimate of drug-likeness (QED) is 0.767. The van der Waals surface area contributed by atoms with E-state index >= 15 is 0 Å². The lowest BCUT2D eigenvalue weighted by molar-refractivity contribution is 0.0510. The van der Waals surface area contributed by atoms with Gasteiger partial charge in [0.05, 0.1) is 12.7 Å². The van der Waals surface area contributed by atoms with Gasteiger partial charge >= 0.3 is 5.97 Å². The van der Waals surface area contributed by atoms with E-state index in [0.717, 1.165) is 30.9 Å². The molecule has 1 aliphatic heterocycles. The monoisotopic (exact) mass is 316 g/mol. The van der Waals surface area contributed by atoms with Gasteiger partial charge in [0, 0.05) is 24.7 Å². The van der Waals surface area contributed by atoms with Crippen LogP contribution < -0.4 is 4.74 Å². The summed E-state index contributed by atoms with van der Waals surface area (Å²) in [4.78, 5) is 15.9. The number of carbonyl (C=O) groups excluding carboxylic acids is 1. The zero-order valence-corrected chi connectivity index (χ0v) is 13.1. The Morgan fingerprint density at radius 3 is 2.91 bits per heavy atom. The number of hydrogen-bond donors (Lipinski definition) is 0. The molecule has 0 N–H and O–H groups in total. The molecule has 2 aromatic rings. The summed E-state index contributed by atoms with van der Waals surface area (Å²) in [5, 5.41) is 0. The van der Waals surface area contributed by atoms with Crippen molar-refractivity contribution in [1.29, 1.82) is 0 Å². The minimum absolute atomic E-state index is 0.193. The molecule has 0 spiro atoms. The number of aromatic nitrogens is 2. The van der Waals surface area contributed by atoms with Crippen LogP contribution in [-0.4, -0.2) is 41.4 Å². The van der Waals surface area contributed by atoms with E-state index in [2.05, 4.69) is 4.98 Å². The fourth-order valence-electron chi connectivity index (χ4n) is 2.53. The summed E-state index contributed by atoms with van der Waals surface area (Å²) in [6.07, 6.45) is 5.65. The van der Waals surface area contributed by atoms with Gasteiger partial charge in [0.15, 0.2) is 0 Å². The molecule has 2 heterocycles. The molecule has 0 radical (unpaired) electrons. The maximum atomic E-state index is 11.9. The Kier molecular flexibility index (Phi) is 4.92. The highest BCUT2D eigenvalue weighted by atomic mass is 16.5. The minimum Gasteiger partial charge on any atom is -0.491 e. The largest absolute Gasteiger partial charge is 0.491 e. The van der Waals surface area contributed by atoms with Crippen LogP contribution in [0, 0.1) is 0 Å². The van der Waals surface area contributed by atoms with E-state index in [4.69, 9.17) is 14.2 Å². The Balaban J connectivity index is 1.67. The lowest BCUT2D eigenvalue weighted by Gasteiger charge is -2.12. The Bertz CT molecular complexity index is 645. The minimum atomic E-state index is -0.434. The van der Waals surface area contributed by atoms with Gasteiger partial charge < -0.3 is 14.2 Å². The summed E-state index contributed by atoms with van der Waals surface area (Å²) >= 11 is 0. The normalized spacial score (nSPS) is 17.2. The molecular weight excluding hydrogens is 296 g/mol. The molecule has 0 saturated carbocycles. The number of benzene rings is 1. The van der Waals surface area contributed by atoms with Crippen LogP contribution in [0.25, 0.3) is 5.69 Å². The molecule has 1 aromatic carbocycles. The van der Waals surface area contributed by atoms with Gasteiger partial charge in [-0.05, 0) is 44.0 Å². The lowest BCUT2D eigenvalue weighted by atomic mass is 10.2. The highest BCUT2D eigenvalue weighted by Gasteiger charge is 2.17. The highest BCUT2D eigenvalue weighted by molar-refractivity contribution is 5.86. The molecule has 1 fully saturated rings. The van der Waals surface area contributed by atoms with Crippen LogP contribution in [0.15, 0.2) is 36.7 Å². The van der Waals surface area contributed by atoms with E-state index in [-0.39, 0.29) is 11.9 Å². The summed E-state index contributed by atoms with van der Waals surface area (Å²) in [6, 6.07) is 7.52. The fraction of sp³-hybridized carbons (Fsp3) is 0.412. The molecule has 1 aliphatic rings. The van der Waals surface area contributed by atoms with Crippen molar-refractivity contribution in [3.8, 4) is 11.4 Å². The second-order valence-electron chi connectivity index (χ2n) is 5.28. The lowest BCUT2D eigenvalue weighted by Crippen LogP contribution is -2.16. The van der Waals surface area contributed by atoms with Crippen molar-refractivity contribution >= 4 is 5.97 Å². The van der Waals surface area contributed by atoms with Gasteiger partial charge in [-0.25, -0.2) is 9.78 Å². The molecule has 0 bridgehead atoms. The average molecular weight is 316 g/mol. The molecule has 1 saturated heterocycles. The number of hydrogen-bond acceptors (Lipinski definition) is 5. The molecule has 0 aliphatic carbocycles. The van der Waals surface area contributed by atoms with Crippen LogP contribution in [0.4, 0.5) is 0 Å². The van der Waals surface area contributed by atoms with Crippen LogP contribution in [0.3, 0.4) is 0 Å². The van der Waals surface area contributed by atoms with Crippen molar-refractivity contribution in [2.75, 3.05) is 19.8 Å². The number of carbonyl (C=O) groups is 1. The second-order valence-corrected chi connectivity index (χ2v) is 5.28. The Morgan fingerprint density at radius 1 is 1.39 bits per heavy atom. The summed E-state index contributed by atoms with van der Waals surface area (Å²) in [5.41, 5.74) is 0.829. The number of ether oxygens (including phenoxy) is 3. The van der Waals surface area contributed by atoms with Gasteiger partial charge in [-0.3, -0.25) is 4.57 Å². The Labute approximate surface area is 135 Å². The maximum Gasteiger partial charge on any atom is 0.374 e. The first-order chi connectivity index (χ1) is 11.3. The number of imidazole rings is 1. The molecule has 6 nitrogen and oxygen atoms in total. The molecule has 122 valence electrons. The third kappa shape index (κ3) is 3.71. The van der Waals surface area contributed by atoms with Gasteiger partial charge in [0.25, 0.3) is 0 Å². The summed E-state index contributed by atoms with van der Waals surface area (Å²) in [5.74, 6) is 0.609. The summed E-state index contributed by atoms with van der Waals surface area (Å²) in [7, 11) is 0. The molecule has 0 amide bonds. The predicted octanol–water partition coefficient (Wildman–Crippen LogP) is 2.61. The molecule has 23 heavy (non-hydrogen) atoms. The van der Waals surface area contributed by atoms with E-state index in [1.54, 1.807) is 23.9 Å². The zero-order valence-electron chi connectivity index (χ0n) is 13.1. The van der Waals surface area contributed by atoms with Crippen molar-refractivity contribution in [3.05, 3.63) is 42.5 Å². The van der Waals surface area contributed by atoms with Crippen LogP contribution in [0.2, 0.25) is 0 Å². The van der Waals surface area contributed by atoms with Gasteiger partial charge in [-0.1, -0.05) is 0 Å². The van der Waals surface area contributed by atoms with E-state index in [1.165, 1.54) is 0 Å². The summed E-state index contributed by atoms with van der Waals surface area (Å²) < 4.78 is 18.0. The fourth-order valence-corrected chi connectivity index (χ4v) is 2.53. The number of nitrogens with zero attached hydrogens (tertiary/aromatic N) is 2. The van der Waals surface area contributed by atoms with Crippen LogP contribution >= 0.6 is 0 Å². The first kappa shape index (κ1) is 15.6. The predicted molar refractivity (Wildman–Crippen MR) is 84.0 cm³/mol. The Hall–Kier alpha value is -2.34. The standard InChI is InChI=1S/C17H20N2O4/c1-2-21-17(20)16-18-9-10-19(16)13-5-7-14(8-6-13)23-12-15-4-3-11-22-15/h5-10,15H,2-4,11-12H2,1H3. The van der Waals surface area contributed by atoms with Gasteiger partial charge in [0.1, 0.15) is 12.4 Å². The molecular formula is C17H20N2O4. The third-order valence-corrected chi connectivity index (χ3v) is 3.67. The molecule has 1 atom stereocenters. The molecule has 6 heteroatoms. The molecule has 1 aromatic heterocycles. The number of esters is 1. The smallest absolute Gasteiger partial charge is 0.374 e. The average Bonchev–Trinajstić information content (AvgIpc) is 3.25. The van der Waals surface area contributed by atoms with Crippen LogP contribution in [0.1, 0.15) is 30.4 Å². The van der Waals surface area contributed by atoms with E-state index in [0.29, 0.717) is 13.2 Å². The van der Waals surface area contributed by atoms with E-state index in [1.807, 2.05) is 24.3 Å². The first-order valence-corrected chi connectivity index (χ1v) is 7.83. The highest BCUT2D eigenvalue weighted by Crippen LogP contribution is 2.19. The second kappa shape index (κ2) is 7.28. The van der Waals surface area contributed by atoms with Crippen molar-refractivity contribution < 1.29 is 19.0 Å². The van der Waals surface area contributed by atoms with Gasteiger partial charge in [-0.2, -0.15) is 0 Å². The van der Waals surface area contributed by atoms with Crippen LogP contribution in [-0.2, 0) is 9.47 Å². The number of rotatable bonds is 6.